The minimum absolute atomic E-state index is 0.812. The Kier molecular flexibility index (Phi) is 5.38. The number of ether oxygens (including phenoxy) is 1. The molecule has 0 aliphatic rings. The number of methoxy groups -OCH3 is 1. The highest BCUT2D eigenvalue weighted by atomic mass is 16.5. The third kappa shape index (κ3) is 3.55. The summed E-state index contributed by atoms with van der Waals surface area (Å²) in [5.74, 6) is 1.68. The monoisotopic (exact) mass is 566 g/mol. The molecule has 0 aliphatic heterocycles. The Morgan fingerprint density at radius 3 is 1.89 bits per heavy atom. The second-order valence-electron chi connectivity index (χ2n) is 11.1. The van der Waals surface area contributed by atoms with E-state index < -0.39 is 0 Å². The van der Waals surface area contributed by atoms with Gasteiger partial charge in [-0.2, -0.15) is 0 Å². The van der Waals surface area contributed by atoms with Gasteiger partial charge in [-0.1, -0.05) is 109 Å². The van der Waals surface area contributed by atoms with Crippen molar-refractivity contribution in [3.8, 4) is 34.0 Å². The quantitative estimate of drug-likeness (QED) is 0.199. The highest BCUT2D eigenvalue weighted by Gasteiger charge is 2.23. The van der Waals surface area contributed by atoms with Crippen molar-refractivity contribution in [3.05, 3.63) is 140 Å². The van der Waals surface area contributed by atoms with Crippen LogP contribution >= 0.6 is 0 Å². The van der Waals surface area contributed by atoms with Gasteiger partial charge in [-0.3, -0.25) is 4.57 Å². The average molecular weight is 567 g/mol. The summed E-state index contributed by atoms with van der Waals surface area (Å²) in [6, 6.07) is 48.6. The third-order valence-corrected chi connectivity index (χ3v) is 8.73. The van der Waals surface area contributed by atoms with E-state index in [-0.39, 0.29) is 0 Å². The maximum absolute atomic E-state index is 6.50. The normalized spacial score (nSPS) is 11.8. The molecule has 0 bridgehead atoms. The minimum atomic E-state index is 0.812. The van der Waals surface area contributed by atoms with E-state index in [1.54, 1.807) is 7.11 Å². The highest BCUT2D eigenvalue weighted by molar-refractivity contribution is 6.24. The molecule has 9 rings (SSSR count). The SMILES string of the molecule is COc1ccc(-n2c(-c3ccccc3-c3cccc4c3oc3ccccc34)nc3c4ccccc4c4ccccc4c32)cc1. The van der Waals surface area contributed by atoms with Crippen LogP contribution in [0.2, 0.25) is 0 Å². The summed E-state index contributed by atoms with van der Waals surface area (Å²) in [6.45, 7) is 0. The largest absolute Gasteiger partial charge is 0.497 e. The van der Waals surface area contributed by atoms with Gasteiger partial charge in [0.2, 0.25) is 0 Å². The lowest BCUT2D eigenvalue weighted by molar-refractivity contribution is 0.415. The first kappa shape index (κ1) is 24.7. The Morgan fingerprint density at radius 2 is 1.11 bits per heavy atom. The molecule has 0 saturated carbocycles. The van der Waals surface area contributed by atoms with E-state index in [1.807, 2.05) is 24.3 Å². The molecule has 2 heterocycles. The van der Waals surface area contributed by atoms with Crippen LogP contribution in [-0.2, 0) is 0 Å². The van der Waals surface area contributed by atoms with E-state index >= 15 is 0 Å². The molecular formula is C40H26N2O2. The molecule has 0 saturated heterocycles. The first-order chi connectivity index (χ1) is 21.8. The Bertz CT molecular complexity index is 2540. The lowest BCUT2D eigenvalue weighted by Crippen LogP contribution is -1.99. The Hall–Kier alpha value is -5.87. The fourth-order valence-corrected chi connectivity index (χ4v) is 6.74. The van der Waals surface area contributed by atoms with Crippen molar-refractivity contribution < 1.29 is 9.15 Å². The van der Waals surface area contributed by atoms with Crippen LogP contribution in [0.5, 0.6) is 5.75 Å². The number of hydrogen-bond donors (Lipinski definition) is 0. The summed E-state index contributed by atoms with van der Waals surface area (Å²) in [6.07, 6.45) is 0. The van der Waals surface area contributed by atoms with Crippen LogP contribution in [0.1, 0.15) is 0 Å². The predicted octanol–water partition coefficient (Wildman–Crippen LogP) is 10.6. The molecule has 0 spiro atoms. The van der Waals surface area contributed by atoms with Crippen molar-refractivity contribution in [2.24, 2.45) is 0 Å². The van der Waals surface area contributed by atoms with Crippen LogP contribution in [-0.4, -0.2) is 16.7 Å². The lowest BCUT2D eigenvalue weighted by atomic mass is 9.97. The average Bonchev–Trinajstić information content (AvgIpc) is 3.68. The second kappa shape index (κ2) is 9.58. The maximum atomic E-state index is 6.50. The first-order valence-corrected chi connectivity index (χ1v) is 14.8. The number of furan rings is 1. The van der Waals surface area contributed by atoms with Gasteiger partial charge < -0.3 is 9.15 Å². The van der Waals surface area contributed by atoms with Gasteiger partial charge in [0.15, 0.2) is 0 Å². The van der Waals surface area contributed by atoms with Gasteiger partial charge in [-0.25, -0.2) is 4.98 Å². The van der Waals surface area contributed by atoms with E-state index in [4.69, 9.17) is 14.1 Å². The molecular weight excluding hydrogens is 540 g/mol. The highest BCUT2D eigenvalue weighted by Crippen LogP contribution is 2.43. The van der Waals surface area contributed by atoms with E-state index in [1.165, 1.54) is 10.8 Å². The molecule has 0 radical (unpaired) electrons. The minimum Gasteiger partial charge on any atom is -0.497 e. The summed E-state index contributed by atoms with van der Waals surface area (Å²) >= 11 is 0. The molecule has 0 amide bonds. The molecule has 0 unspecified atom stereocenters. The lowest BCUT2D eigenvalue weighted by Gasteiger charge is -2.15. The molecule has 44 heavy (non-hydrogen) atoms. The third-order valence-electron chi connectivity index (χ3n) is 8.73. The van der Waals surface area contributed by atoms with Crippen molar-refractivity contribution >= 4 is 54.5 Å². The number of rotatable bonds is 4. The van der Waals surface area contributed by atoms with Gasteiger partial charge in [0.05, 0.1) is 18.1 Å². The molecule has 2 aromatic heterocycles. The molecule has 0 aliphatic carbocycles. The molecule has 0 fully saturated rings. The van der Waals surface area contributed by atoms with Gasteiger partial charge in [0.25, 0.3) is 0 Å². The zero-order chi connectivity index (χ0) is 29.2. The van der Waals surface area contributed by atoms with Gasteiger partial charge >= 0.3 is 0 Å². The summed E-state index contributed by atoms with van der Waals surface area (Å²) in [5.41, 5.74) is 7.97. The molecule has 4 heteroatoms. The Morgan fingerprint density at radius 1 is 0.523 bits per heavy atom. The van der Waals surface area contributed by atoms with Gasteiger partial charge in [0.1, 0.15) is 22.7 Å². The number of benzene rings is 7. The van der Waals surface area contributed by atoms with Crippen molar-refractivity contribution in [1.29, 1.82) is 0 Å². The standard InChI is InChI=1S/C40H26N2O2/c1-43-26-23-21-25(22-24-26)42-38-32-16-6-3-12-28(32)27-11-2-5-15-31(27)37(38)41-40(42)35-17-7-4-13-29(35)33-18-10-19-34-30-14-8-9-20-36(30)44-39(33)34/h2-24H,1H3. The number of para-hydroxylation sites is 2. The Balaban J connectivity index is 1.42. The van der Waals surface area contributed by atoms with Crippen LogP contribution in [0.25, 0.3) is 82.7 Å². The van der Waals surface area contributed by atoms with Crippen molar-refractivity contribution in [3.63, 3.8) is 0 Å². The van der Waals surface area contributed by atoms with Crippen molar-refractivity contribution in [2.75, 3.05) is 7.11 Å². The smallest absolute Gasteiger partial charge is 0.146 e. The fourth-order valence-electron chi connectivity index (χ4n) is 6.74. The first-order valence-electron chi connectivity index (χ1n) is 14.8. The zero-order valence-corrected chi connectivity index (χ0v) is 24.0. The van der Waals surface area contributed by atoms with Gasteiger partial charge in [-0.15, -0.1) is 0 Å². The van der Waals surface area contributed by atoms with E-state index in [2.05, 4.69) is 120 Å². The summed E-state index contributed by atoms with van der Waals surface area (Å²) in [5, 5.41) is 6.91. The molecule has 7 aromatic carbocycles. The van der Waals surface area contributed by atoms with Crippen LogP contribution < -0.4 is 4.74 Å². The molecule has 9 aromatic rings. The number of fused-ring (bicyclic) bond motifs is 9. The van der Waals surface area contributed by atoms with Crippen LogP contribution in [0.4, 0.5) is 0 Å². The summed E-state index contributed by atoms with van der Waals surface area (Å²) < 4.78 is 14.3. The Labute approximate surface area is 253 Å². The predicted molar refractivity (Wildman–Crippen MR) is 181 cm³/mol. The number of hydrogen-bond acceptors (Lipinski definition) is 3. The maximum Gasteiger partial charge on any atom is 0.146 e. The molecule has 0 N–H and O–H groups in total. The molecule has 4 nitrogen and oxygen atoms in total. The zero-order valence-electron chi connectivity index (χ0n) is 24.0. The molecule has 208 valence electrons. The van der Waals surface area contributed by atoms with Crippen molar-refractivity contribution in [2.45, 2.75) is 0 Å². The van der Waals surface area contributed by atoms with E-state index in [0.29, 0.717) is 0 Å². The number of nitrogens with zero attached hydrogens (tertiary/aromatic N) is 2. The molecule has 0 atom stereocenters. The topological polar surface area (TPSA) is 40.2 Å². The summed E-state index contributed by atoms with van der Waals surface area (Å²) in [7, 11) is 1.70. The second-order valence-corrected chi connectivity index (χ2v) is 11.1. The number of imidazole rings is 1. The van der Waals surface area contributed by atoms with E-state index in [0.717, 1.165) is 77.7 Å². The van der Waals surface area contributed by atoms with Gasteiger partial charge in [-0.05, 0) is 46.7 Å². The van der Waals surface area contributed by atoms with Gasteiger partial charge in [0, 0.05) is 38.4 Å². The number of aromatic nitrogens is 2. The summed E-state index contributed by atoms with van der Waals surface area (Å²) in [4.78, 5) is 5.49. The van der Waals surface area contributed by atoms with Crippen LogP contribution in [0.15, 0.2) is 144 Å². The van der Waals surface area contributed by atoms with Crippen LogP contribution in [0.3, 0.4) is 0 Å². The van der Waals surface area contributed by atoms with Crippen LogP contribution in [0, 0.1) is 0 Å². The fraction of sp³-hybridized carbons (Fsp3) is 0.0250. The van der Waals surface area contributed by atoms with E-state index in [9.17, 15) is 0 Å². The van der Waals surface area contributed by atoms with Crippen molar-refractivity contribution in [1.82, 2.24) is 9.55 Å².